The Morgan fingerprint density at radius 2 is 2.00 bits per heavy atom. The van der Waals surface area contributed by atoms with Crippen LogP contribution in [0.25, 0.3) is 0 Å². The Balaban J connectivity index is 2.06. The van der Waals surface area contributed by atoms with Gasteiger partial charge in [0, 0.05) is 23.7 Å². The first-order chi connectivity index (χ1) is 10.2. The molecule has 21 heavy (non-hydrogen) atoms. The molecule has 1 atom stereocenters. The quantitative estimate of drug-likeness (QED) is 0.718. The lowest BCUT2D eigenvalue weighted by Gasteiger charge is -2.27. The zero-order valence-corrected chi connectivity index (χ0v) is 13.3. The molecule has 0 amide bonds. The molecule has 0 aliphatic heterocycles. The third kappa shape index (κ3) is 2.63. The van der Waals surface area contributed by atoms with Gasteiger partial charge >= 0.3 is 0 Å². The van der Waals surface area contributed by atoms with Gasteiger partial charge in [0.15, 0.2) is 0 Å². The number of rotatable bonds is 2. The average molecular weight is 298 g/mol. The highest BCUT2D eigenvalue weighted by Crippen LogP contribution is 2.38. The Hall–Kier alpha value is -1.60. The summed E-state index contributed by atoms with van der Waals surface area (Å²) in [5, 5.41) is 0.891. The predicted molar refractivity (Wildman–Crippen MR) is 90.8 cm³/mol. The fourth-order valence-corrected chi connectivity index (χ4v) is 3.60. The lowest BCUT2D eigenvalue weighted by molar-refractivity contribution is 0.722. The summed E-state index contributed by atoms with van der Waals surface area (Å²) < 4.78 is 0. The maximum atomic E-state index is 6.41. The van der Waals surface area contributed by atoms with Crippen LogP contribution in [0.4, 0.5) is 0 Å². The molecule has 0 bridgehead atoms. The van der Waals surface area contributed by atoms with E-state index in [9.17, 15) is 0 Å². The summed E-state index contributed by atoms with van der Waals surface area (Å²) in [6.07, 6.45) is 3.11. The van der Waals surface area contributed by atoms with Crippen molar-refractivity contribution in [2.24, 2.45) is 4.99 Å². The minimum absolute atomic E-state index is 0.426. The molecule has 2 aromatic carbocycles. The lowest BCUT2D eigenvalue weighted by Crippen LogP contribution is -2.17. The normalized spacial score (nSPS) is 19.6. The van der Waals surface area contributed by atoms with Gasteiger partial charge in [-0.15, -0.1) is 0 Å². The van der Waals surface area contributed by atoms with Gasteiger partial charge in [0.2, 0.25) is 0 Å². The predicted octanol–water partition coefficient (Wildman–Crippen LogP) is 5.25. The first-order valence-electron chi connectivity index (χ1n) is 7.57. The second kappa shape index (κ2) is 6.03. The Kier molecular flexibility index (Phi) is 4.12. The van der Waals surface area contributed by atoms with Crippen molar-refractivity contribution in [2.45, 2.75) is 32.1 Å². The van der Waals surface area contributed by atoms with Crippen molar-refractivity contribution in [1.82, 2.24) is 0 Å². The molecule has 1 nitrogen and oxygen atoms in total. The van der Waals surface area contributed by atoms with Crippen LogP contribution in [-0.4, -0.2) is 12.8 Å². The summed E-state index contributed by atoms with van der Waals surface area (Å²) in [6, 6.07) is 15.2. The second-order valence-corrected chi connectivity index (χ2v) is 5.96. The molecule has 1 aliphatic carbocycles. The van der Waals surface area contributed by atoms with Crippen LogP contribution in [0, 0.1) is 0 Å². The lowest BCUT2D eigenvalue weighted by atomic mass is 9.78. The Bertz CT molecular complexity index is 688. The van der Waals surface area contributed by atoms with E-state index >= 15 is 0 Å². The van der Waals surface area contributed by atoms with Crippen LogP contribution in [0.3, 0.4) is 0 Å². The number of benzene rings is 2. The van der Waals surface area contributed by atoms with Crippen LogP contribution in [-0.2, 0) is 6.42 Å². The molecule has 0 unspecified atom stereocenters. The van der Waals surface area contributed by atoms with Crippen molar-refractivity contribution in [3.05, 3.63) is 69.7 Å². The summed E-state index contributed by atoms with van der Waals surface area (Å²) >= 11 is 6.41. The molecule has 0 radical (unpaired) electrons. The van der Waals surface area contributed by atoms with Gasteiger partial charge in [-0.2, -0.15) is 0 Å². The third-order valence-electron chi connectivity index (χ3n) is 4.45. The SMILES string of the molecule is CCc1ccc([C@@H]2CCC(=NC)c3ccccc32)cc1Cl. The van der Waals surface area contributed by atoms with Crippen molar-refractivity contribution in [1.29, 1.82) is 0 Å². The van der Waals surface area contributed by atoms with E-state index in [-0.39, 0.29) is 0 Å². The molecule has 2 heteroatoms. The van der Waals surface area contributed by atoms with Gasteiger partial charge in [-0.3, -0.25) is 4.99 Å². The molecule has 0 N–H and O–H groups in total. The second-order valence-electron chi connectivity index (χ2n) is 5.55. The van der Waals surface area contributed by atoms with Gasteiger partial charge in [0.25, 0.3) is 0 Å². The van der Waals surface area contributed by atoms with Gasteiger partial charge in [-0.25, -0.2) is 0 Å². The Morgan fingerprint density at radius 3 is 2.71 bits per heavy atom. The molecule has 3 rings (SSSR count). The number of halogens is 1. The van der Waals surface area contributed by atoms with Crippen molar-refractivity contribution in [3.8, 4) is 0 Å². The topological polar surface area (TPSA) is 12.4 Å². The van der Waals surface area contributed by atoms with Crippen molar-refractivity contribution >= 4 is 17.3 Å². The summed E-state index contributed by atoms with van der Waals surface area (Å²) in [6.45, 7) is 2.14. The van der Waals surface area contributed by atoms with E-state index in [2.05, 4.69) is 54.4 Å². The van der Waals surface area contributed by atoms with Crippen LogP contribution < -0.4 is 0 Å². The zero-order chi connectivity index (χ0) is 14.8. The number of nitrogens with zero attached hydrogens (tertiary/aromatic N) is 1. The van der Waals surface area contributed by atoms with Crippen molar-refractivity contribution < 1.29 is 0 Å². The minimum atomic E-state index is 0.426. The van der Waals surface area contributed by atoms with E-state index < -0.39 is 0 Å². The average Bonchev–Trinajstić information content (AvgIpc) is 2.53. The minimum Gasteiger partial charge on any atom is -0.292 e. The van der Waals surface area contributed by atoms with E-state index in [1.807, 2.05) is 7.05 Å². The van der Waals surface area contributed by atoms with Crippen molar-refractivity contribution in [2.75, 3.05) is 7.05 Å². The van der Waals surface area contributed by atoms with Crippen LogP contribution in [0.15, 0.2) is 47.5 Å². The molecular weight excluding hydrogens is 278 g/mol. The number of aliphatic imine (C=N–C) groups is 1. The molecule has 0 spiro atoms. The standard InChI is InChI=1S/C19H20ClN/c1-3-13-8-9-14(12-18(13)20)15-10-11-19(21-2)17-7-5-4-6-16(15)17/h4-9,12,15H,3,10-11H2,1-2H3/t15-/m0/s1. The molecule has 1 aliphatic rings. The molecule has 0 saturated heterocycles. The van der Waals surface area contributed by atoms with Crippen molar-refractivity contribution in [3.63, 3.8) is 0 Å². The highest BCUT2D eigenvalue weighted by molar-refractivity contribution is 6.31. The van der Waals surface area contributed by atoms with Crippen LogP contribution in [0.2, 0.25) is 5.02 Å². The highest BCUT2D eigenvalue weighted by atomic mass is 35.5. The van der Waals surface area contributed by atoms with Gasteiger partial charge < -0.3 is 0 Å². The maximum Gasteiger partial charge on any atom is 0.0440 e. The Labute approximate surface area is 131 Å². The molecule has 0 heterocycles. The number of fused-ring (bicyclic) bond motifs is 1. The summed E-state index contributed by atoms with van der Waals surface area (Å²) in [5.74, 6) is 0.426. The molecule has 0 fully saturated rings. The van der Waals surface area contributed by atoms with Gasteiger partial charge in [0.1, 0.15) is 0 Å². The number of aryl methyl sites for hydroxylation is 1. The van der Waals surface area contributed by atoms with E-state index in [1.165, 1.54) is 28.0 Å². The Morgan fingerprint density at radius 1 is 1.19 bits per heavy atom. The maximum absolute atomic E-state index is 6.41. The van der Waals surface area contributed by atoms with Gasteiger partial charge in [-0.05, 0) is 47.6 Å². The smallest absolute Gasteiger partial charge is 0.0440 e. The van der Waals surface area contributed by atoms with Gasteiger partial charge in [0.05, 0.1) is 0 Å². The summed E-state index contributed by atoms with van der Waals surface area (Å²) in [4.78, 5) is 4.45. The van der Waals surface area contributed by atoms with Crippen LogP contribution in [0.1, 0.15) is 47.9 Å². The number of hydrogen-bond donors (Lipinski definition) is 0. The molecule has 0 aromatic heterocycles. The van der Waals surface area contributed by atoms with E-state index in [0.29, 0.717) is 5.92 Å². The monoisotopic (exact) mass is 297 g/mol. The molecule has 2 aromatic rings. The third-order valence-corrected chi connectivity index (χ3v) is 4.80. The zero-order valence-electron chi connectivity index (χ0n) is 12.6. The van der Waals surface area contributed by atoms with E-state index in [1.54, 1.807) is 0 Å². The summed E-state index contributed by atoms with van der Waals surface area (Å²) in [7, 11) is 1.89. The molecular formula is C19H20ClN. The van der Waals surface area contributed by atoms with E-state index in [0.717, 1.165) is 24.3 Å². The van der Waals surface area contributed by atoms with E-state index in [4.69, 9.17) is 11.6 Å². The van der Waals surface area contributed by atoms with Crippen LogP contribution >= 0.6 is 11.6 Å². The fourth-order valence-electron chi connectivity index (χ4n) is 3.28. The molecule has 108 valence electrons. The van der Waals surface area contributed by atoms with Gasteiger partial charge in [-0.1, -0.05) is 54.9 Å². The van der Waals surface area contributed by atoms with Crippen LogP contribution in [0.5, 0.6) is 0 Å². The fraction of sp³-hybridized carbons (Fsp3) is 0.316. The number of hydrogen-bond acceptors (Lipinski definition) is 1. The highest BCUT2D eigenvalue weighted by Gasteiger charge is 2.25. The molecule has 0 saturated carbocycles. The largest absolute Gasteiger partial charge is 0.292 e. The summed E-state index contributed by atoms with van der Waals surface area (Å²) in [5.41, 5.74) is 6.44. The first-order valence-corrected chi connectivity index (χ1v) is 7.95. The first kappa shape index (κ1) is 14.3.